The SMILES string of the molecule is Cc1c(C(=O)Oc2cccnc2)oc2c1/C(=N/NC(=O)c1cccnc1)CCC2. The lowest BCUT2D eigenvalue weighted by atomic mass is 9.93. The molecule has 0 spiro atoms. The second-order valence-electron chi connectivity index (χ2n) is 6.53. The van der Waals surface area contributed by atoms with E-state index in [0.717, 1.165) is 12.0 Å². The fourth-order valence-electron chi connectivity index (χ4n) is 3.22. The van der Waals surface area contributed by atoms with Crippen molar-refractivity contribution in [2.24, 2.45) is 5.10 Å². The normalized spacial score (nSPS) is 14.3. The van der Waals surface area contributed by atoms with Crippen LogP contribution in [-0.4, -0.2) is 27.6 Å². The molecule has 0 bridgehead atoms. The van der Waals surface area contributed by atoms with Gasteiger partial charge >= 0.3 is 5.97 Å². The highest BCUT2D eigenvalue weighted by Crippen LogP contribution is 2.30. The minimum absolute atomic E-state index is 0.132. The Labute approximate surface area is 166 Å². The zero-order valence-electron chi connectivity index (χ0n) is 15.7. The van der Waals surface area contributed by atoms with Crippen LogP contribution in [0.1, 0.15) is 50.6 Å². The third-order valence-electron chi connectivity index (χ3n) is 4.57. The number of aryl methyl sites for hydroxylation is 1. The van der Waals surface area contributed by atoms with E-state index in [9.17, 15) is 9.59 Å². The van der Waals surface area contributed by atoms with Crippen molar-refractivity contribution in [3.63, 3.8) is 0 Å². The van der Waals surface area contributed by atoms with Crippen molar-refractivity contribution in [3.05, 3.63) is 77.3 Å². The minimum atomic E-state index is -0.594. The van der Waals surface area contributed by atoms with Crippen LogP contribution < -0.4 is 10.2 Å². The average molecular weight is 390 g/mol. The first-order chi connectivity index (χ1) is 14.1. The lowest BCUT2D eigenvalue weighted by Gasteiger charge is -2.13. The topological polar surface area (TPSA) is 107 Å². The van der Waals surface area contributed by atoms with Crippen LogP contribution in [0.2, 0.25) is 0 Å². The number of ether oxygens (including phenoxy) is 1. The molecule has 1 N–H and O–H groups in total. The van der Waals surface area contributed by atoms with Crippen LogP contribution in [-0.2, 0) is 6.42 Å². The molecule has 0 atom stereocenters. The van der Waals surface area contributed by atoms with Gasteiger partial charge in [0, 0.05) is 36.1 Å². The first-order valence-electron chi connectivity index (χ1n) is 9.15. The van der Waals surface area contributed by atoms with Gasteiger partial charge in [-0.3, -0.25) is 14.8 Å². The van der Waals surface area contributed by atoms with Crippen molar-refractivity contribution >= 4 is 17.6 Å². The average Bonchev–Trinajstić information content (AvgIpc) is 3.10. The zero-order valence-corrected chi connectivity index (χ0v) is 15.7. The molecule has 0 aromatic carbocycles. The summed E-state index contributed by atoms with van der Waals surface area (Å²) in [5, 5.41) is 4.29. The van der Waals surface area contributed by atoms with Crippen molar-refractivity contribution in [3.8, 4) is 5.75 Å². The molecule has 0 aliphatic heterocycles. The number of hydrogen-bond acceptors (Lipinski definition) is 7. The van der Waals surface area contributed by atoms with Gasteiger partial charge in [0.05, 0.1) is 17.5 Å². The van der Waals surface area contributed by atoms with Crippen LogP contribution in [0.5, 0.6) is 5.75 Å². The largest absolute Gasteiger partial charge is 0.453 e. The van der Waals surface area contributed by atoms with Gasteiger partial charge in [-0.1, -0.05) is 0 Å². The van der Waals surface area contributed by atoms with Gasteiger partial charge in [0.25, 0.3) is 5.91 Å². The second kappa shape index (κ2) is 8.05. The predicted molar refractivity (Wildman–Crippen MR) is 104 cm³/mol. The maximum Gasteiger partial charge on any atom is 0.379 e. The Morgan fingerprint density at radius 1 is 1.14 bits per heavy atom. The molecule has 146 valence electrons. The maximum absolute atomic E-state index is 12.6. The quantitative estimate of drug-likeness (QED) is 0.542. The molecule has 0 radical (unpaired) electrons. The van der Waals surface area contributed by atoms with Gasteiger partial charge in [0.1, 0.15) is 11.5 Å². The summed E-state index contributed by atoms with van der Waals surface area (Å²) in [6.45, 7) is 1.78. The van der Waals surface area contributed by atoms with E-state index in [0.29, 0.717) is 41.2 Å². The molecule has 3 heterocycles. The van der Waals surface area contributed by atoms with Crippen molar-refractivity contribution in [2.75, 3.05) is 0 Å². The molecule has 8 nitrogen and oxygen atoms in total. The number of amides is 1. The third kappa shape index (κ3) is 3.91. The summed E-state index contributed by atoms with van der Waals surface area (Å²) in [5.41, 5.74) is 5.04. The molecule has 4 rings (SSSR count). The van der Waals surface area contributed by atoms with Crippen molar-refractivity contribution in [2.45, 2.75) is 26.2 Å². The summed E-state index contributed by atoms with van der Waals surface area (Å²) in [5.74, 6) is 0.191. The fourth-order valence-corrected chi connectivity index (χ4v) is 3.22. The summed E-state index contributed by atoms with van der Waals surface area (Å²) in [6.07, 6.45) is 8.27. The number of hydrazone groups is 1. The molecule has 0 saturated carbocycles. The van der Waals surface area contributed by atoms with E-state index in [1.807, 2.05) is 0 Å². The van der Waals surface area contributed by atoms with Crippen LogP contribution >= 0.6 is 0 Å². The summed E-state index contributed by atoms with van der Waals surface area (Å²) in [4.78, 5) is 32.6. The zero-order chi connectivity index (χ0) is 20.2. The number of carbonyl (C=O) groups is 2. The Morgan fingerprint density at radius 3 is 2.66 bits per heavy atom. The number of rotatable bonds is 4. The van der Waals surface area contributed by atoms with Gasteiger partial charge in [0.15, 0.2) is 0 Å². The molecule has 1 aliphatic carbocycles. The standard InChI is InChI=1S/C21H18N4O4/c1-13-18-16(24-25-20(26)14-5-3-9-22-11-14)7-2-8-17(18)29-19(13)21(27)28-15-6-4-10-23-12-15/h3-6,9-12H,2,7-8H2,1H3,(H,25,26)/b24-16+. The van der Waals surface area contributed by atoms with Crippen LogP contribution in [0.15, 0.2) is 58.6 Å². The molecular weight excluding hydrogens is 372 g/mol. The summed E-state index contributed by atoms with van der Waals surface area (Å²) >= 11 is 0. The van der Waals surface area contributed by atoms with Gasteiger partial charge in [-0.05, 0) is 44.0 Å². The number of nitrogens with one attached hydrogen (secondary N) is 1. The van der Waals surface area contributed by atoms with Crippen LogP contribution in [0.25, 0.3) is 0 Å². The molecule has 1 amide bonds. The van der Waals surface area contributed by atoms with E-state index < -0.39 is 5.97 Å². The summed E-state index contributed by atoms with van der Waals surface area (Å²) in [6, 6.07) is 6.66. The first-order valence-corrected chi connectivity index (χ1v) is 9.15. The first kappa shape index (κ1) is 18.5. The van der Waals surface area contributed by atoms with E-state index in [1.165, 1.54) is 12.4 Å². The number of aromatic nitrogens is 2. The highest BCUT2D eigenvalue weighted by atomic mass is 16.5. The highest BCUT2D eigenvalue weighted by Gasteiger charge is 2.29. The number of furan rings is 1. The molecule has 29 heavy (non-hydrogen) atoms. The molecule has 3 aromatic heterocycles. The predicted octanol–water partition coefficient (Wildman–Crippen LogP) is 3.07. The van der Waals surface area contributed by atoms with E-state index in [4.69, 9.17) is 9.15 Å². The van der Waals surface area contributed by atoms with E-state index in [-0.39, 0.29) is 11.7 Å². The van der Waals surface area contributed by atoms with Crippen molar-refractivity contribution < 1.29 is 18.7 Å². The van der Waals surface area contributed by atoms with Crippen LogP contribution in [0, 0.1) is 6.92 Å². The Kier molecular flexibility index (Phi) is 5.15. The van der Waals surface area contributed by atoms with Gasteiger partial charge in [-0.2, -0.15) is 5.10 Å². The number of hydrogen-bond donors (Lipinski definition) is 1. The molecule has 0 fully saturated rings. The number of esters is 1. The lowest BCUT2D eigenvalue weighted by Crippen LogP contribution is -2.22. The molecular formula is C21H18N4O4. The molecule has 1 aliphatic rings. The smallest absolute Gasteiger partial charge is 0.379 e. The Balaban J connectivity index is 1.57. The van der Waals surface area contributed by atoms with Gasteiger partial charge in [0.2, 0.25) is 5.76 Å². The van der Waals surface area contributed by atoms with Crippen molar-refractivity contribution in [1.82, 2.24) is 15.4 Å². The van der Waals surface area contributed by atoms with E-state index >= 15 is 0 Å². The van der Waals surface area contributed by atoms with Gasteiger partial charge in [-0.25, -0.2) is 10.2 Å². The number of fused-ring (bicyclic) bond motifs is 1. The maximum atomic E-state index is 12.6. The summed E-state index contributed by atoms with van der Waals surface area (Å²) in [7, 11) is 0. The summed E-state index contributed by atoms with van der Waals surface area (Å²) < 4.78 is 11.1. The number of carbonyl (C=O) groups excluding carboxylic acids is 2. The number of nitrogens with zero attached hydrogens (tertiary/aromatic N) is 3. The van der Waals surface area contributed by atoms with E-state index in [2.05, 4.69) is 20.5 Å². The van der Waals surface area contributed by atoms with Crippen molar-refractivity contribution in [1.29, 1.82) is 0 Å². The fraction of sp³-hybridized carbons (Fsp3) is 0.190. The molecule has 3 aromatic rings. The second-order valence-corrected chi connectivity index (χ2v) is 6.53. The van der Waals surface area contributed by atoms with E-state index in [1.54, 1.807) is 43.6 Å². The van der Waals surface area contributed by atoms with Gasteiger partial charge in [-0.15, -0.1) is 0 Å². The Morgan fingerprint density at radius 2 is 1.93 bits per heavy atom. The minimum Gasteiger partial charge on any atom is -0.453 e. The molecule has 0 saturated heterocycles. The monoisotopic (exact) mass is 390 g/mol. The Bertz CT molecular complexity index is 1070. The van der Waals surface area contributed by atoms with Crippen LogP contribution in [0.3, 0.4) is 0 Å². The van der Waals surface area contributed by atoms with Gasteiger partial charge < -0.3 is 9.15 Å². The lowest BCUT2D eigenvalue weighted by molar-refractivity contribution is 0.0697. The molecule has 0 unspecified atom stereocenters. The van der Waals surface area contributed by atoms with Crippen LogP contribution in [0.4, 0.5) is 0 Å². The highest BCUT2D eigenvalue weighted by molar-refractivity contribution is 6.06. The third-order valence-corrected chi connectivity index (χ3v) is 4.57. The Hall–Kier alpha value is -3.81. The molecule has 8 heteroatoms. The number of pyridine rings is 2.